The Balaban J connectivity index is 2.33. The highest BCUT2D eigenvalue weighted by atomic mass is 16.5. The van der Waals surface area contributed by atoms with Gasteiger partial charge in [-0.1, -0.05) is 13.8 Å². The number of nitrogens with two attached hydrogens (primary N) is 1. The van der Waals surface area contributed by atoms with Gasteiger partial charge in [0.1, 0.15) is 0 Å². The lowest BCUT2D eigenvalue weighted by Gasteiger charge is -2.31. The van der Waals surface area contributed by atoms with Gasteiger partial charge >= 0.3 is 0 Å². The highest BCUT2D eigenvalue weighted by molar-refractivity contribution is 4.74. The number of ether oxygens (including phenoxy) is 1. The average Bonchev–Trinajstić information content (AvgIpc) is 2.05. The van der Waals surface area contributed by atoms with E-state index in [9.17, 15) is 0 Å². The number of hydrogen-bond donors (Lipinski definition) is 1. The molecule has 0 aromatic heterocycles. The summed E-state index contributed by atoms with van der Waals surface area (Å²) in [5.41, 5.74) is 5.61. The van der Waals surface area contributed by atoms with Crippen LogP contribution in [-0.4, -0.2) is 19.3 Å². The van der Waals surface area contributed by atoms with Crippen LogP contribution < -0.4 is 5.73 Å². The summed E-state index contributed by atoms with van der Waals surface area (Å²) in [4.78, 5) is 0. The lowest BCUT2D eigenvalue weighted by Crippen LogP contribution is -2.32. The second-order valence-electron chi connectivity index (χ2n) is 3.78. The van der Waals surface area contributed by atoms with E-state index in [1.807, 2.05) is 0 Å². The van der Waals surface area contributed by atoms with Crippen molar-refractivity contribution in [3.63, 3.8) is 0 Å². The van der Waals surface area contributed by atoms with Crippen molar-refractivity contribution in [2.24, 2.45) is 17.6 Å². The summed E-state index contributed by atoms with van der Waals surface area (Å²) in [6.45, 7) is 6.16. The summed E-state index contributed by atoms with van der Waals surface area (Å²) in [7, 11) is 0. The summed E-state index contributed by atoms with van der Waals surface area (Å²) >= 11 is 0. The first-order valence-corrected chi connectivity index (χ1v) is 4.55. The Kier molecular flexibility index (Phi) is 3.34. The van der Waals surface area contributed by atoms with E-state index >= 15 is 0 Å². The third-order valence-electron chi connectivity index (χ3n) is 2.50. The maximum atomic E-state index is 5.62. The van der Waals surface area contributed by atoms with Gasteiger partial charge in [-0.05, 0) is 31.2 Å². The van der Waals surface area contributed by atoms with Crippen molar-refractivity contribution in [2.45, 2.75) is 32.8 Å². The second kappa shape index (κ2) is 4.07. The summed E-state index contributed by atoms with van der Waals surface area (Å²) < 4.78 is 5.62. The molecule has 2 N–H and O–H groups in total. The summed E-state index contributed by atoms with van der Waals surface area (Å²) in [6, 6.07) is 0. The topological polar surface area (TPSA) is 35.2 Å². The van der Waals surface area contributed by atoms with Crippen LogP contribution in [0.15, 0.2) is 0 Å². The minimum atomic E-state index is 0.456. The number of rotatable bonds is 2. The molecular weight excluding hydrogens is 138 g/mol. The van der Waals surface area contributed by atoms with Crippen LogP contribution in [0.1, 0.15) is 26.7 Å². The van der Waals surface area contributed by atoms with E-state index < -0.39 is 0 Å². The average molecular weight is 157 g/mol. The van der Waals surface area contributed by atoms with Crippen LogP contribution in [0, 0.1) is 11.8 Å². The van der Waals surface area contributed by atoms with Gasteiger partial charge in [-0.15, -0.1) is 0 Å². The predicted octanol–water partition coefficient (Wildman–Crippen LogP) is 1.40. The Morgan fingerprint density at radius 1 is 1.55 bits per heavy atom. The standard InChI is InChI=1S/C9H19NO/c1-7(2)9-5-8(6-10)3-4-11-9/h7-9H,3-6,10H2,1-2H3/t8-,9-/m1/s1. The fraction of sp³-hybridized carbons (Fsp3) is 1.00. The Labute approximate surface area is 69.1 Å². The molecule has 2 heteroatoms. The second-order valence-corrected chi connectivity index (χ2v) is 3.78. The van der Waals surface area contributed by atoms with E-state index in [1.54, 1.807) is 0 Å². The molecule has 0 aliphatic carbocycles. The Morgan fingerprint density at radius 3 is 2.82 bits per heavy atom. The van der Waals surface area contributed by atoms with E-state index in [-0.39, 0.29) is 0 Å². The summed E-state index contributed by atoms with van der Waals surface area (Å²) in [5.74, 6) is 1.35. The van der Waals surface area contributed by atoms with Gasteiger partial charge in [0, 0.05) is 6.61 Å². The Bertz CT molecular complexity index is 114. The molecule has 2 nitrogen and oxygen atoms in total. The molecule has 0 spiro atoms. The fourth-order valence-corrected chi connectivity index (χ4v) is 1.58. The molecule has 0 saturated carbocycles. The molecule has 0 bridgehead atoms. The first-order chi connectivity index (χ1) is 5.24. The van der Waals surface area contributed by atoms with Crippen molar-refractivity contribution >= 4 is 0 Å². The molecule has 0 radical (unpaired) electrons. The van der Waals surface area contributed by atoms with Crippen LogP contribution in [0.5, 0.6) is 0 Å². The van der Waals surface area contributed by atoms with Crippen LogP contribution >= 0.6 is 0 Å². The zero-order valence-corrected chi connectivity index (χ0v) is 7.55. The highest BCUT2D eigenvalue weighted by Crippen LogP contribution is 2.23. The predicted molar refractivity (Wildman–Crippen MR) is 46.4 cm³/mol. The molecule has 1 fully saturated rings. The molecule has 2 atom stereocenters. The van der Waals surface area contributed by atoms with Crippen LogP contribution in [0.25, 0.3) is 0 Å². The first-order valence-electron chi connectivity index (χ1n) is 4.55. The van der Waals surface area contributed by atoms with E-state index in [2.05, 4.69) is 13.8 Å². The van der Waals surface area contributed by atoms with Crippen molar-refractivity contribution in [3.8, 4) is 0 Å². The first kappa shape index (κ1) is 9.01. The molecule has 1 aliphatic heterocycles. The largest absolute Gasteiger partial charge is 0.378 e. The van der Waals surface area contributed by atoms with Gasteiger partial charge in [0.2, 0.25) is 0 Å². The maximum Gasteiger partial charge on any atom is 0.0601 e. The molecular formula is C9H19NO. The Morgan fingerprint density at radius 2 is 2.27 bits per heavy atom. The molecule has 0 unspecified atom stereocenters. The van der Waals surface area contributed by atoms with Gasteiger partial charge in [-0.25, -0.2) is 0 Å². The highest BCUT2D eigenvalue weighted by Gasteiger charge is 2.23. The maximum absolute atomic E-state index is 5.62. The van der Waals surface area contributed by atoms with Crippen LogP contribution in [0.2, 0.25) is 0 Å². The molecule has 0 aromatic carbocycles. The van der Waals surface area contributed by atoms with Crippen molar-refractivity contribution in [3.05, 3.63) is 0 Å². The van der Waals surface area contributed by atoms with Crippen LogP contribution in [0.4, 0.5) is 0 Å². The van der Waals surface area contributed by atoms with E-state index in [4.69, 9.17) is 10.5 Å². The normalized spacial score (nSPS) is 32.7. The molecule has 1 saturated heterocycles. The van der Waals surface area contributed by atoms with Crippen molar-refractivity contribution in [1.29, 1.82) is 0 Å². The summed E-state index contributed by atoms with van der Waals surface area (Å²) in [5, 5.41) is 0. The zero-order valence-electron chi connectivity index (χ0n) is 7.55. The minimum Gasteiger partial charge on any atom is -0.378 e. The third-order valence-corrected chi connectivity index (χ3v) is 2.50. The van der Waals surface area contributed by atoms with E-state index in [0.29, 0.717) is 17.9 Å². The van der Waals surface area contributed by atoms with Crippen LogP contribution in [-0.2, 0) is 4.74 Å². The van der Waals surface area contributed by atoms with Gasteiger partial charge < -0.3 is 10.5 Å². The third kappa shape index (κ3) is 2.46. The number of hydrogen-bond acceptors (Lipinski definition) is 2. The lowest BCUT2D eigenvalue weighted by molar-refractivity contribution is -0.0321. The lowest BCUT2D eigenvalue weighted by atomic mass is 9.90. The summed E-state index contributed by atoms with van der Waals surface area (Å²) in [6.07, 6.45) is 2.77. The van der Waals surface area contributed by atoms with Gasteiger partial charge in [-0.2, -0.15) is 0 Å². The molecule has 66 valence electrons. The molecule has 0 aromatic rings. The smallest absolute Gasteiger partial charge is 0.0601 e. The zero-order chi connectivity index (χ0) is 8.27. The van der Waals surface area contributed by atoms with Gasteiger partial charge in [0.15, 0.2) is 0 Å². The minimum absolute atomic E-state index is 0.456. The van der Waals surface area contributed by atoms with Crippen molar-refractivity contribution in [1.82, 2.24) is 0 Å². The van der Waals surface area contributed by atoms with Gasteiger partial charge in [-0.3, -0.25) is 0 Å². The van der Waals surface area contributed by atoms with Gasteiger partial charge in [0.25, 0.3) is 0 Å². The molecule has 0 amide bonds. The fourth-order valence-electron chi connectivity index (χ4n) is 1.58. The molecule has 11 heavy (non-hydrogen) atoms. The van der Waals surface area contributed by atoms with Crippen molar-refractivity contribution in [2.75, 3.05) is 13.2 Å². The van der Waals surface area contributed by atoms with Crippen molar-refractivity contribution < 1.29 is 4.74 Å². The van der Waals surface area contributed by atoms with E-state index in [0.717, 1.165) is 26.0 Å². The van der Waals surface area contributed by atoms with Crippen LogP contribution in [0.3, 0.4) is 0 Å². The molecule has 1 heterocycles. The molecule has 1 aliphatic rings. The van der Waals surface area contributed by atoms with E-state index in [1.165, 1.54) is 0 Å². The van der Waals surface area contributed by atoms with Gasteiger partial charge in [0.05, 0.1) is 6.10 Å². The monoisotopic (exact) mass is 157 g/mol. The quantitative estimate of drug-likeness (QED) is 0.657. The Hall–Kier alpha value is -0.0800. The molecule has 1 rings (SSSR count). The SMILES string of the molecule is CC(C)[C@H]1C[C@H](CN)CCO1.